The first-order valence-corrected chi connectivity index (χ1v) is 8.59. The van der Waals surface area contributed by atoms with Crippen molar-refractivity contribution < 1.29 is 23.9 Å². The number of methoxy groups -OCH3 is 1. The highest BCUT2D eigenvalue weighted by Crippen LogP contribution is 2.14. The number of carbonyl (C=O) groups excluding carboxylic acids is 3. The normalized spacial score (nSPS) is 10.2. The number of amides is 1. The molecule has 1 amide bonds. The number of ketones is 1. The molecule has 0 aliphatic rings. The second-order valence-corrected chi connectivity index (χ2v) is 6.26. The highest BCUT2D eigenvalue weighted by atomic mass is 35.5. The first-order valence-electron chi connectivity index (χ1n) is 8.22. The summed E-state index contributed by atoms with van der Waals surface area (Å²) in [5.74, 6) is -0.489. The second kappa shape index (κ2) is 9.73. The van der Waals surface area contributed by atoms with Crippen molar-refractivity contribution in [1.82, 2.24) is 4.90 Å². The Hall–Kier alpha value is -2.86. The van der Waals surface area contributed by atoms with E-state index in [9.17, 15) is 14.4 Å². The molecule has 0 heterocycles. The average molecular weight is 390 g/mol. The van der Waals surface area contributed by atoms with Gasteiger partial charge in [0, 0.05) is 17.1 Å². The molecule has 0 aromatic heterocycles. The van der Waals surface area contributed by atoms with E-state index in [1.165, 1.54) is 18.9 Å². The van der Waals surface area contributed by atoms with Crippen LogP contribution in [0.1, 0.15) is 22.8 Å². The number of benzene rings is 2. The molecule has 0 N–H and O–H groups in total. The molecule has 0 unspecified atom stereocenters. The summed E-state index contributed by atoms with van der Waals surface area (Å²) in [6, 6.07) is 13.5. The maximum absolute atomic E-state index is 12.5. The first-order chi connectivity index (χ1) is 12.9. The lowest BCUT2D eigenvalue weighted by Crippen LogP contribution is -2.38. The van der Waals surface area contributed by atoms with Crippen LogP contribution in [0.25, 0.3) is 0 Å². The van der Waals surface area contributed by atoms with Gasteiger partial charge in [-0.15, -0.1) is 0 Å². The summed E-state index contributed by atoms with van der Waals surface area (Å²) in [5, 5.41) is 0.585. The van der Waals surface area contributed by atoms with Gasteiger partial charge in [0.1, 0.15) is 12.3 Å². The maximum atomic E-state index is 12.5. The fraction of sp³-hybridized carbons (Fsp3) is 0.250. The summed E-state index contributed by atoms with van der Waals surface area (Å²) in [6.45, 7) is 1.26. The summed E-state index contributed by atoms with van der Waals surface area (Å²) in [6.07, 6.45) is 0. The van der Waals surface area contributed by atoms with Crippen LogP contribution in [0.2, 0.25) is 5.02 Å². The summed E-state index contributed by atoms with van der Waals surface area (Å²) in [5.41, 5.74) is 1.38. The monoisotopic (exact) mass is 389 g/mol. The molecule has 0 saturated carbocycles. The van der Waals surface area contributed by atoms with Crippen molar-refractivity contribution in [2.45, 2.75) is 13.5 Å². The lowest BCUT2D eigenvalue weighted by Gasteiger charge is -2.21. The molecule has 0 aliphatic heterocycles. The van der Waals surface area contributed by atoms with Gasteiger partial charge in [0.15, 0.2) is 12.4 Å². The molecule has 142 valence electrons. The number of hydrogen-bond donors (Lipinski definition) is 0. The van der Waals surface area contributed by atoms with Gasteiger partial charge in [-0.3, -0.25) is 14.4 Å². The molecular weight excluding hydrogens is 370 g/mol. The van der Waals surface area contributed by atoms with E-state index in [0.717, 1.165) is 5.56 Å². The topological polar surface area (TPSA) is 72.9 Å². The molecule has 0 aliphatic carbocycles. The largest absolute Gasteiger partial charge is 0.484 e. The molecule has 0 bridgehead atoms. The van der Waals surface area contributed by atoms with Gasteiger partial charge >= 0.3 is 5.97 Å². The zero-order valence-electron chi connectivity index (χ0n) is 15.1. The predicted molar refractivity (Wildman–Crippen MR) is 101 cm³/mol. The highest BCUT2D eigenvalue weighted by molar-refractivity contribution is 6.30. The van der Waals surface area contributed by atoms with E-state index in [2.05, 4.69) is 4.74 Å². The third-order valence-corrected chi connectivity index (χ3v) is 4.06. The van der Waals surface area contributed by atoms with Gasteiger partial charge in [0.2, 0.25) is 0 Å². The average Bonchev–Trinajstić information content (AvgIpc) is 2.67. The number of carbonyl (C=O) groups is 3. The number of hydrogen-bond acceptors (Lipinski definition) is 5. The Balaban J connectivity index is 2.02. The van der Waals surface area contributed by atoms with E-state index in [0.29, 0.717) is 16.3 Å². The summed E-state index contributed by atoms with van der Waals surface area (Å²) < 4.78 is 10.1. The van der Waals surface area contributed by atoms with Crippen LogP contribution < -0.4 is 4.74 Å². The van der Waals surface area contributed by atoms with Crippen LogP contribution in [0.3, 0.4) is 0 Å². The molecular formula is C20H20ClNO5. The van der Waals surface area contributed by atoms with Crippen LogP contribution in [0.15, 0.2) is 48.5 Å². The van der Waals surface area contributed by atoms with Crippen LogP contribution in [0.4, 0.5) is 0 Å². The lowest BCUT2D eigenvalue weighted by atomic mass is 10.1. The third-order valence-electron chi connectivity index (χ3n) is 3.81. The Morgan fingerprint density at radius 1 is 1.00 bits per heavy atom. The minimum absolute atomic E-state index is 0.0511. The molecule has 0 saturated heterocycles. The minimum Gasteiger partial charge on any atom is -0.484 e. The standard InChI is InChI=1S/C20H20ClNO5/c1-14(23)16-5-9-18(10-6-16)27-13-19(24)22(12-20(25)26-2)11-15-3-7-17(21)8-4-15/h3-10H,11-13H2,1-2H3. The van der Waals surface area contributed by atoms with Crippen molar-refractivity contribution in [3.8, 4) is 5.75 Å². The van der Waals surface area contributed by atoms with E-state index in [1.54, 1.807) is 48.5 Å². The third kappa shape index (κ3) is 6.42. The molecule has 2 aromatic rings. The van der Waals surface area contributed by atoms with Crippen molar-refractivity contribution in [2.75, 3.05) is 20.3 Å². The summed E-state index contributed by atoms with van der Waals surface area (Å²) >= 11 is 5.87. The molecule has 0 radical (unpaired) electrons. The Kier molecular flexibility index (Phi) is 7.37. The summed E-state index contributed by atoms with van der Waals surface area (Å²) in [7, 11) is 1.26. The van der Waals surface area contributed by atoms with Crippen LogP contribution in [-0.2, 0) is 20.9 Å². The molecule has 6 nitrogen and oxygen atoms in total. The van der Waals surface area contributed by atoms with E-state index in [4.69, 9.17) is 16.3 Å². The maximum Gasteiger partial charge on any atom is 0.325 e. The van der Waals surface area contributed by atoms with E-state index in [-0.39, 0.29) is 31.4 Å². The van der Waals surface area contributed by atoms with Gasteiger partial charge < -0.3 is 14.4 Å². The number of ether oxygens (including phenoxy) is 2. The molecule has 27 heavy (non-hydrogen) atoms. The van der Waals surface area contributed by atoms with E-state index in [1.807, 2.05) is 0 Å². The van der Waals surface area contributed by atoms with Crippen LogP contribution >= 0.6 is 11.6 Å². The fourth-order valence-corrected chi connectivity index (χ4v) is 2.41. The van der Waals surface area contributed by atoms with Gasteiger partial charge in [0.25, 0.3) is 5.91 Å². The van der Waals surface area contributed by atoms with Crippen LogP contribution in [0, 0.1) is 0 Å². The highest BCUT2D eigenvalue weighted by Gasteiger charge is 2.19. The minimum atomic E-state index is -0.525. The Morgan fingerprint density at radius 2 is 1.63 bits per heavy atom. The number of rotatable bonds is 8. The molecule has 0 atom stereocenters. The van der Waals surface area contributed by atoms with Gasteiger partial charge in [-0.2, -0.15) is 0 Å². The van der Waals surface area contributed by atoms with Crippen molar-refractivity contribution in [1.29, 1.82) is 0 Å². The Morgan fingerprint density at radius 3 is 2.19 bits per heavy atom. The molecule has 7 heteroatoms. The molecule has 2 aromatic carbocycles. The van der Waals surface area contributed by atoms with Crippen LogP contribution in [-0.4, -0.2) is 42.8 Å². The number of nitrogens with zero attached hydrogens (tertiary/aromatic N) is 1. The first kappa shape index (κ1) is 20.5. The van der Waals surface area contributed by atoms with E-state index >= 15 is 0 Å². The van der Waals surface area contributed by atoms with Crippen molar-refractivity contribution in [2.24, 2.45) is 0 Å². The second-order valence-electron chi connectivity index (χ2n) is 5.82. The zero-order valence-corrected chi connectivity index (χ0v) is 15.9. The van der Waals surface area contributed by atoms with E-state index < -0.39 is 5.97 Å². The summed E-state index contributed by atoms with van der Waals surface area (Å²) in [4.78, 5) is 36.8. The Labute approximate surface area is 162 Å². The number of halogens is 1. The quantitative estimate of drug-likeness (QED) is 0.512. The van der Waals surface area contributed by atoms with Crippen molar-refractivity contribution in [3.63, 3.8) is 0 Å². The Bertz CT molecular complexity index is 802. The van der Waals surface area contributed by atoms with Crippen molar-refractivity contribution in [3.05, 3.63) is 64.7 Å². The van der Waals surface area contributed by atoms with Crippen molar-refractivity contribution >= 4 is 29.3 Å². The number of Topliss-reactive ketones (excluding diaryl/α,β-unsaturated/α-hetero) is 1. The smallest absolute Gasteiger partial charge is 0.325 e. The molecule has 0 spiro atoms. The molecule has 0 fully saturated rings. The zero-order chi connectivity index (χ0) is 19.8. The predicted octanol–water partition coefficient (Wildman–Crippen LogP) is 3.12. The van der Waals surface area contributed by atoms with Gasteiger partial charge in [-0.05, 0) is 48.9 Å². The van der Waals surface area contributed by atoms with Gasteiger partial charge in [0.05, 0.1) is 7.11 Å². The fourth-order valence-electron chi connectivity index (χ4n) is 2.29. The SMILES string of the molecule is COC(=O)CN(Cc1ccc(Cl)cc1)C(=O)COc1ccc(C(C)=O)cc1. The molecule has 2 rings (SSSR count). The van der Waals surface area contributed by atoms with Gasteiger partial charge in [-0.25, -0.2) is 0 Å². The lowest BCUT2D eigenvalue weighted by molar-refractivity contribution is -0.148. The van der Waals surface area contributed by atoms with Crippen LogP contribution in [0.5, 0.6) is 5.75 Å². The number of esters is 1. The van der Waals surface area contributed by atoms with Gasteiger partial charge in [-0.1, -0.05) is 23.7 Å².